The number of hydrogen-bond donors (Lipinski definition) is 2. The summed E-state index contributed by atoms with van der Waals surface area (Å²) in [4.78, 5) is 22.2. The van der Waals surface area contributed by atoms with Crippen LogP contribution in [0.3, 0.4) is 0 Å². The number of hydrogen-bond acceptors (Lipinski definition) is 4. The minimum Gasteiger partial charge on any atom is -0.444 e. The Morgan fingerprint density at radius 2 is 2.12 bits per heavy atom. The number of guanidine groups is 1. The number of nitrogens with zero attached hydrogens (tertiary/aromatic N) is 3. The zero-order chi connectivity index (χ0) is 18.4. The zero-order valence-corrected chi connectivity index (χ0v) is 18.7. The van der Waals surface area contributed by atoms with Crippen molar-refractivity contribution in [3.63, 3.8) is 0 Å². The largest absolute Gasteiger partial charge is 0.444 e. The van der Waals surface area contributed by atoms with Gasteiger partial charge in [-0.05, 0) is 39.3 Å². The maximum Gasteiger partial charge on any atom is 0.410 e. The van der Waals surface area contributed by atoms with Gasteiger partial charge in [-0.15, -0.1) is 24.0 Å². The highest BCUT2D eigenvalue weighted by molar-refractivity contribution is 14.0. The van der Waals surface area contributed by atoms with E-state index in [0.717, 1.165) is 12.1 Å². The van der Waals surface area contributed by atoms with E-state index in [1.807, 2.05) is 33.8 Å². The van der Waals surface area contributed by atoms with E-state index in [2.05, 4.69) is 20.6 Å². The molecule has 1 saturated heterocycles. The minimum atomic E-state index is -0.474. The lowest BCUT2D eigenvalue weighted by atomic mass is 10.1. The zero-order valence-electron chi connectivity index (χ0n) is 15.6. The summed E-state index contributed by atoms with van der Waals surface area (Å²) in [5, 5.41) is 7.00. The molecule has 1 aromatic heterocycles. The molecule has 2 heterocycles. The van der Waals surface area contributed by atoms with Gasteiger partial charge in [0.25, 0.3) is 0 Å². The number of ether oxygens (including phenoxy) is 1. The van der Waals surface area contributed by atoms with E-state index < -0.39 is 5.60 Å². The molecule has 146 valence electrons. The van der Waals surface area contributed by atoms with Crippen molar-refractivity contribution in [2.45, 2.75) is 45.9 Å². The quantitative estimate of drug-likeness (QED) is 0.291. The average molecular weight is 496 g/mol. The van der Waals surface area contributed by atoms with E-state index in [0.29, 0.717) is 30.7 Å². The lowest BCUT2D eigenvalue weighted by Crippen LogP contribution is -2.63. The second-order valence-electron chi connectivity index (χ2n) is 6.91. The molecule has 1 aromatic rings. The van der Waals surface area contributed by atoms with Crippen LogP contribution in [0.15, 0.2) is 23.3 Å². The van der Waals surface area contributed by atoms with Crippen LogP contribution in [0, 0.1) is 0 Å². The van der Waals surface area contributed by atoms with Crippen LogP contribution >= 0.6 is 35.6 Å². The number of pyridine rings is 1. The number of likely N-dealkylation sites (tertiary alicyclic amines) is 1. The van der Waals surface area contributed by atoms with E-state index in [1.165, 1.54) is 0 Å². The standard InChI is InChI=1S/C17H26ClN5O2.HI/c1-5-19-15(21-9-12-6-7-14(18)20-8-12)22-13-10-23(11-13)16(24)25-17(2,3)4;/h6-8,13H,5,9-11H2,1-4H3,(H2,19,21,22);1H. The lowest BCUT2D eigenvalue weighted by molar-refractivity contribution is 0.00701. The third-order valence-corrected chi connectivity index (χ3v) is 3.65. The van der Waals surface area contributed by atoms with E-state index in [1.54, 1.807) is 17.2 Å². The van der Waals surface area contributed by atoms with Crippen molar-refractivity contribution >= 4 is 47.6 Å². The highest BCUT2D eigenvalue weighted by Crippen LogP contribution is 2.15. The number of aromatic nitrogens is 1. The highest BCUT2D eigenvalue weighted by atomic mass is 127. The Kier molecular flexibility index (Phi) is 8.88. The van der Waals surface area contributed by atoms with Crippen molar-refractivity contribution in [1.82, 2.24) is 20.5 Å². The van der Waals surface area contributed by atoms with Crippen LogP contribution in [-0.2, 0) is 11.3 Å². The summed E-state index contributed by atoms with van der Waals surface area (Å²) in [7, 11) is 0. The van der Waals surface area contributed by atoms with Gasteiger partial charge in [0.1, 0.15) is 10.8 Å². The van der Waals surface area contributed by atoms with Gasteiger partial charge in [-0.25, -0.2) is 14.8 Å². The second kappa shape index (κ2) is 10.1. The topological polar surface area (TPSA) is 78.9 Å². The summed E-state index contributed by atoms with van der Waals surface area (Å²) in [6.07, 6.45) is 1.43. The minimum absolute atomic E-state index is 0. The van der Waals surface area contributed by atoms with Gasteiger partial charge < -0.3 is 20.3 Å². The molecular weight excluding hydrogens is 469 g/mol. The Hall–Kier alpha value is -1.29. The summed E-state index contributed by atoms with van der Waals surface area (Å²) in [6, 6.07) is 3.81. The first-order valence-electron chi connectivity index (χ1n) is 8.40. The normalized spacial score (nSPS) is 15.0. The van der Waals surface area contributed by atoms with Crippen LogP contribution < -0.4 is 10.6 Å². The Morgan fingerprint density at radius 1 is 1.42 bits per heavy atom. The fourth-order valence-electron chi connectivity index (χ4n) is 2.23. The molecule has 26 heavy (non-hydrogen) atoms. The molecule has 0 saturated carbocycles. The van der Waals surface area contributed by atoms with E-state index in [-0.39, 0.29) is 36.1 Å². The van der Waals surface area contributed by atoms with Crippen LogP contribution in [0.5, 0.6) is 0 Å². The summed E-state index contributed by atoms with van der Waals surface area (Å²) in [6.45, 7) is 10.1. The predicted octanol–water partition coefficient (Wildman–Crippen LogP) is 3.03. The maximum atomic E-state index is 11.9. The monoisotopic (exact) mass is 495 g/mol. The smallest absolute Gasteiger partial charge is 0.410 e. The molecule has 0 spiro atoms. The number of nitrogens with one attached hydrogen (secondary N) is 2. The molecule has 7 nitrogen and oxygen atoms in total. The van der Waals surface area contributed by atoms with Gasteiger partial charge in [0, 0.05) is 25.8 Å². The van der Waals surface area contributed by atoms with Crippen molar-refractivity contribution < 1.29 is 9.53 Å². The van der Waals surface area contributed by atoms with E-state index in [9.17, 15) is 4.79 Å². The molecule has 1 aliphatic rings. The molecule has 1 amide bonds. The second-order valence-corrected chi connectivity index (χ2v) is 7.30. The van der Waals surface area contributed by atoms with Gasteiger partial charge in [-0.1, -0.05) is 17.7 Å². The van der Waals surface area contributed by atoms with Crippen molar-refractivity contribution in [3.05, 3.63) is 29.0 Å². The SMILES string of the molecule is CCNC(=NCc1ccc(Cl)nc1)NC1CN(C(=O)OC(C)(C)C)C1.I. The molecule has 2 rings (SSSR count). The molecule has 2 N–H and O–H groups in total. The molecule has 0 radical (unpaired) electrons. The fourth-order valence-corrected chi connectivity index (χ4v) is 2.34. The van der Waals surface area contributed by atoms with Gasteiger partial charge in [0.2, 0.25) is 0 Å². The number of aliphatic imine (C=N–C) groups is 1. The first-order chi connectivity index (χ1) is 11.8. The van der Waals surface area contributed by atoms with Crippen molar-refractivity contribution in [3.8, 4) is 0 Å². The Labute approximate surface area is 177 Å². The molecule has 0 bridgehead atoms. The van der Waals surface area contributed by atoms with Crippen molar-refractivity contribution in [2.75, 3.05) is 19.6 Å². The number of amides is 1. The third-order valence-electron chi connectivity index (χ3n) is 3.43. The number of halogens is 2. The molecule has 0 aliphatic carbocycles. The number of rotatable bonds is 4. The number of carbonyl (C=O) groups is 1. The summed E-state index contributed by atoms with van der Waals surface area (Å²) < 4.78 is 5.35. The van der Waals surface area contributed by atoms with Gasteiger partial charge in [0.05, 0.1) is 12.6 Å². The molecule has 0 aromatic carbocycles. The molecule has 1 fully saturated rings. The van der Waals surface area contributed by atoms with Gasteiger partial charge in [-0.2, -0.15) is 0 Å². The van der Waals surface area contributed by atoms with E-state index >= 15 is 0 Å². The van der Waals surface area contributed by atoms with Gasteiger partial charge in [0.15, 0.2) is 5.96 Å². The summed E-state index contributed by atoms with van der Waals surface area (Å²) in [5.41, 5.74) is 0.504. The lowest BCUT2D eigenvalue weighted by Gasteiger charge is -2.40. The van der Waals surface area contributed by atoms with Crippen LogP contribution in [0.2, 0.25) is 5.15 Å². The van der Waals surface area contributed by atoms with Gasteiger partial charge >= 0.3 is 6.09 Å². The summed E-state index contributed by atoms with van der Waals surface area (Å²) in [5.74, 6) is 0.714. The van der Waals surface area contributed by atoms with Crippen LogP contribution in [0.4, 0.5) is 4.79 Å². The molecule has 0 unspecified atom stereocenters. The predicted molar refractivity (Wildman–Crippen MR) is 114 cm³/mol. The van der Waals surface area contributed by atoms with Gasteiger partial charge in [-0.3, -0.25) is 0 Å². The summed E-state index contributed by atoms with van der Waals surface area (Å²) >= 11 is 5.78. The highest BCUT2D eigenvalue weighted by Gasteiger charge is 2.34. The fraction of sp³-hybridized carbons (Fsp3) is 0.588. The van der Waals surface area contributed by atoms with Crippen molar-refractivity contribution in [2.24, 2.45) is 4.99 Å². The third kappa shape index (κ3) is 7.53. The molecule has 1 aliphatic heterocycles. The Morgan fingerprint density at radius 3 is 2.65 bits per heavy atom. The van der Waals surface area contributed by atoms with Crippen LogP contribution in [0.1, 0.15) is 33.3 Å². The molecular formula is C17H27ClIN5O2. The molecule has 9 heteroatoms. The molecule has 0 atom stereocenters. The first kappa shape index (κ1) is 22.8. The Balaban J connectivity index is 0.00000338. The van der Waals surface area contributed by atoms with E-state index in [4.69, 9.17) is 16.3 Å². The van der Waals surface area contributed by atoms with Crippen molar-refractivity contribution in [1.29, 1.82) is 0 Å². The average Bonchev–Trinajstić information content (AvgIpc) is 2.47. The maximum absolute atomic E-state index is 11.9. The first-order valence-corrected chi connectivity index (χ1v) is 8.78. The Bertz CT molecular complexity index is 613. The number of carbonyl (C=O) groups excluding carboxylic acids is 1. The van der Waals surface area contributed by atoms with Crippen LogP contribution in [-0.4, -0.2) is 53.2 Å². The van der Waals surface area contributed by atoms with Crippen LogP contribution in [0.25, 0.3) is 0 Å².